The fourth-order valence-electron chi connectivity index (χ4n) is 2.14. The number of carbonyl (C=O) groups excluding carboxylic acids is 1. The van der Waals surface area contributed by atoms with E-state index in [1.54, 1.807) is 23.3 Å². The first kappa shape index (κ1) is 18.0. The van der Waals surface area contributed by atoms with Crippen LogP contribution in [-0.2, 0) is 17.5 Å². The molecule has 0 fully saturated rings. The Bertz CT molecular complexity index is 1030. The summed E-state index contributed by atoms with van der Waals surface area (Å²) in [6, 6.07) is 5.05. The van der Waals surface area contributed by atoms with Crippen molar-refractivity contribution < 1.29 is 18.0 Å². The predicted octanol–water partition coefficient (Wildman–Crippen LogP) is 2.32. The second-order valence-electron chi connectivity index (χ2n) is 5.21. The summed E-state index contributed by atoms with van der Waals surface area (Å²) in [5.74, 6) is -2.44. The van der Waals surface area contributed by atoms with E-state index >= 15 is 0 Å². The molecule has 2 N–H and O–H groups in total. The van der Waals surface area contributed by atoms with E-state index in [-0.39, 0.29) is 18.5 Å². The van der Waals surface area contributed by atoms with Crippen molar-refractivity contribution in [2.24, 2.45) is 0 Å². The topological polar surface area (TPSA) is 106 Å². The standard InChI is InChI=1S/C14H10BrF3N6O2/c15-7-1-2-9-8(5-7)11(26)24(6-19-9)4-3-10(25)20-13-21-12(22-23-13)14(16,17)18/h1-2,5-6H,3-4H2,(H2,20,21,22,23,25). The number of nitrogens with zero attached hydrogens (tertiary/aromatic N) is 4. The van der Waals surface area contributed by atoms with Crippen molar-refractivity contribution in [3.05, 3.63) is 45.2 Å². The fourth-order valence-corrected chi connectivity index (χ4v) is 2.51. The van der Waals surface area contributed by atoms with Crippen LogP contribution in [0, 0.1) is 0 Å². The van der Waals surface area contributed by atoms with Crippen LogP contribution in [0.3, 0.4) is 0 Å². The van der Waals surface area contributed by atoms with E-state index in [1.165, 1.54) is 10.9 Å². The molecule has 0 aliphatic carbocycles. The molecular weight excluding hydrogens is 421 g/mol. The molecule has 3 aromatic rings. The van der Waals surface area contributed by atoms with Gasteiger partial charge in [-0.05, 0) is 18.2 Å². The number of carbonyl (C=O) groups is 1. The van der Waals surface area contributed by atoms with Crippen LogP contribution in [0.1, 0.15) is 12.2 Å². The van der Waals surface area contributed by atoms with E-state index in [9.17, 15) is 22.8 Å². The maximum Gasteiger partial charge on any atom is 0.451 e. The van der Waals surface area contributed by atoms with Gasteiger partial charge < -0.3 is 0 Å². The first-order chi connectivity index (χ1) is 12.2. The third-order valence-electron chi connectivity index (χ3n) is 3.37. The lowest BCUT2D eigenvalue weighted by atomic mass is 10.2. The number of nitrogens with one attached hydrogen (secondary N) is 2. The van der Waals surface area contributed by atoms with Gasteiger partial charge in [0.05, 0.1) is 17.2 Å². The Labute approximate surface area is 151 Å². The van der Waals surface area contributed by atoms with Crippen molar-refractivity contribution >= 4 is 38.7 Å². The molecule has 136 valence electrons. The van der Waals surface area contributed by atoms with Crippen molar-refractivity contribution in [1.29, 1.82) is 0 Å². The molecule has 0 bridgehead atoms. The molecule has 0 saturated heterocycles. The number of fused-ring (bicyclic) bond motifs is 1. The van der Waals surface area contributed by atoms with E-state index in [4.69, 9.17) is 0 Å². The van der Waals surface area contributed by atoms with Gasteiger partial charge in [0.15, 0.2) is 0 Å². The average molecular weight is 431 g/mol. The smallest absolute Gasteiger partial charge is 0.298 e. The summed E-state index contributed by atoms with van der Waals surface area (Å²) in [5.41, 5.74) is 0.181. The number of aryl methyl sites for hydroxylation is 1. The van der Waals surface area contributed by atoms with E-state index in [0.29, 0.717) is 15.4 Å². The molecule has 3 rings (SSSR count). The van der Waals surface area contributed by atoms with Gasteiger partial charge in [0.2, 0.25) is 17.7 Å². The zero-order valence-corrected chi connectivity index (χ0v) is 14.4. The van der Waals surface area contributed by atoms with Crippen LogP contribution in [0.5, 0.6) is 0 Å². The third-order valence-corrected chi connectivity index (χ3v) is 3.86. The molecule has 0 spiro atoms. The highest BCUT2D eigenvalue weighted by atomic mass is 79.9. The molecule has 12 heteroatoms. The van der Waals surface area contributed by atoms with Crippen molar-refractivity contribution in [1.82, 2.24) is 24.7 Å². The highest BCUT2D eigenvalue weighted by Crippen LogP contribution is 2.26. The number of amides is 1. The Morgan fingerprint density at radius 2 is 2.12 bits per heavy atom. The summed E-state index contributed by atoms with van der Waals surface area (Å²) in [7, 11) is 0. The van der Waals surface area contributed by atoms with Gasteiger partial charge in [-0.15, -0.1) is 5.10 Å². The van der Waals surface area contributed by atoms with Gasteiger partial charge in [0, 0.05) is 17.4 Å². The Hall–Kier alpha value is -2.76. The lowest BCUT2D eigenvalue weighted by molar-refractivity contribution is -0.144. The summed E-state index contributed by atoms with van der Waals surface area (Å²) >= 11 is 3.27. The molecular formula is C14H10BrF3N6O2. The highest BCUT2D eigenvalue weighted by molar-refractivity contribution is 9.10. The van der Waals surface area contributed by atoms with E-state index in [2.05, 4.69) is 36.3 Å². The van der Waals surface area contributed by atoms with Gasteiger partial charge in [-0.3, -0.25) is 24.6 Å². The number of H-pyrrole nitrogens is 1. The zero-order valence-electron chi connectivity index (χ0n) is 12.8. The van der Waals surface area contributed by atoms with E-state index < -0.39 is 23.9 Å². The van der Waals surface area contributed by atoms with Crippen molar-refractivity contribution in [2.75, 3.05) is 5.32 Å². The minimum Gasteiger partial charge on any atom is -0.298 e. The molecule has 0 atom stereocenters. The summed E-state index contributed by atoms with van der Waals surface area (Å²) < 4.78 is 39.2. The minimum absolute atomic E-state index is 0.00330. The van der Waals surface area contributed by atoms with Crippen LogP contribution in [0.25, 0.3) is 10.9 Å². The number of aromatic amines is 1. The first-order valence-electron chi connectivity index (χ1n) is 7.18. The number of alkyl halides is 3. The van der Waals surface area contributed by atoms with E-state index in [0.717, 1.165) is 0 Å². The minimum atomic E-state index is -4.69. The predicted molar refractivity (Wildman–Crippen MR) is 88.3 cm³/mol. The highest BCUT2D eigenvalue weighted by Gasteiger charge is 2.35. The summed E-state index contributed by atoms with van der Waals surface area (Å²) in [4.78, 5) is 31.5. The number of benzene rings is 1. The number of rotatable bonds is 4. The average Bonchev–Trinajstić information content (AvgIpc) is 3.03. The molecule has 1 amide bonds. The lowest BCUT2D eigenvalue weighted by Gasteiger charge is -2.06. The van der Waals surface area contributed by atoms with Crippen LogP contribution in [0.2, 0.25) is 0 Å². The van der Waals surface area contributed by atoms with Gasteiger partial charge in [-0.2, -0.15) is 18.2 Å². The van der Waals surface area contributed by atoms with Crippen molar-refractivity contribution in [2.45, 2.75) is 19.1 Å². The van der Waals surface area contributed by atoms with Crippen LogP contribution >= 0.6 is 15.9 Å². The molecule has 26 heavy (non-hydrogen) atoms. The van der Waals surface area contributed by atoms with Crippen LogP contribution in [0.15, 0.2) is 33.8 Å². The quantitative estimate of drug-likeness (QED) is 0.660. The van der Waals surface area contributed by atoms with Crippen LogP contribution in [0.4, 0.5) is 19.1 Å². The van der Waals surface area contributed by atoms with E-state index in [1.807, 2.05) is 0 Å². The lowest BCUT2D eigenvalue weighted by Crippen LogP contribution is -2.24. The maximum atomic E-state index is 12.4. The van der Waals surface area contributed by atoms with Crippen molar-refractivity contribution in [3.8, 4) is 0 Å². The molecule has 0 saturated carbocycles. The Balaban J connectivity index is 1.68. The van der Waals surface area contributed by atoms with Crippen LogP contribution < -0.4 is 10.9 Å². The molecule has 8 nitrogen and oxygen atoms in total. The summed E-state index contributed by atoms with van der Waals surface area (Å²) in [6.07, 6.45) is -3.55. The van der Waals surface area contributed by atoms with Gasteiger partial charge in [0.25, 0.3) is 5.56 Å². The number of hydrogen-bond donors (Lipinski definition) is 2. The summed E-state index contributed by atoms with van der Waals surface area (Å²) in [6.45, 7) is -0.00330. The number of hydrogen-bond acceptors (Lipinski definition) is 5. The summed E-state index contributed by atoms with van der Waals surface area (Å²) in [5, 5.41) is 7.48. The zero-order chi connectivity index (χ0) is 18.9. The fraction of sp³-hybridized carbons (Fsp3) is 0.214. The monoisotopic (exact) mass is 430 g/mol. The molecule has 0 aliphatic heterocycles. The Morgan fingerprint density at radius 3 is 2.81 bits per heavy atom. The van der Waals surface area contributed by atoms with Gasteiger partial charge in [0.1, 0.15) is 0 Å². The second kappa shape index (κ2) is 6.86. The Morgan fingerprint density at radius 1 is 1.35 bits per heavy atom. The van der Waals surface area contributed by atoms with Gasteiger partial charge in [-0.1, -0.05) is 15.9 Å². The maximum absolute atomic E-state index is 12.4. The van der Waals surface area contributed by atoms with Gasteiger partial charge in [-0.25, -0.2) is 4.98 Å². The Kier molecular flexibility index (Phi) is 4.76. The number of aromatic nitrogens is 5. The second-order valence-corrected chi connectivity index (χ2v) is 6.12. The molecule has 2 heterocycles. The first-order valence-corrected chi connectivity index (χ1v) is 7.97. The van der Waals surface area contributed by atoms with Gasteiger partial charge >= 0.3 is 6.18 Å². The molecule has 2 aromatic heterocycles. The largest absolute Gasteiger partial charge is 0.451 e. The normalized spacial score (nSPS) is 11.7. The molecule has 1 aromatic carbocycles. The SMILES string of the molecule is O=C(CCn1cnc2ccc(Br)cc2c1=O)Nc1n[nH]c(C(F)(F)F)n1. The molecule has 0 aliphatic rings. The van der Waals surface area contributed by atoms with Crippen LogP contribution in [-0.4, -0.2) is 30.6 Å². The molecule has 0 unspecified atom stereocenters. The van der Waals surface area contributed by atoms with Crippen molar-refractivity contribution in [3.63, 3.8) is 0 Å². The third kappa shape index (κ3) is 3.90. The number of anilines is 1. The number of halogens is 4. The molecule has 0 radical (unpaired) electrons.